The van der Waals surface area contributed by atoms with Crippen LogP contribution in [-0.4, -0.2) is 27.0 Å². The summed E-state index contributed by atoms with van der Waals surface area (Å²) in [6, 6.07) is 4.87. The van der Waals surface area contributed by atoms with Crippen molar-refractivity contribution < 1.29 is 14.4 Å². The van der Waals surface area contributed by atoms with Gasteiger partial charge in [-0.2, -0.15) is 0 Å². The number of hydrogen-bond donors (Lipinski definition) is 2. The number of nitrogens with zero attached hydrogens (tertiary/aromatic N) is 1. The molecule has 0 unspecified atom stereocenters. The number of aromatic nitrogens is 1. The number of hydrogen-bond acceptors (Lipinski definition) is 6. The Balaban J connectivity index is 2.00. The Morgan fingerprint density at radius 2 is 2.40 bits per heavy atom. The highest BCUT2D eigenvalue weighted by Gasteiger charge is 2.32. The number of thiophene rings is 1. The van der Waals surface area contributed by atoms with E-state index in [9.17, 15) is 4.79 Å². The zero-order valence-corrected chi connectivity index (χ0v) is 12.8. The van der Waals surface area contributed by atoms with Gasteiger partial charge >= 0.3 is 5.97 Å². The topological polar surface area (TPSA) is 89.4 Å². The highest BCUT2D eigenvalue weighted by molar-refractivity contribution is 7.99. The van der Waals surface area contributed by atoms with Crippen molar-refractivity contribution in [2.24, 2.45) is 5.73 Å². The smallest absolute Gasteiger partial charge is 0.321 e. The molecule has 7 heteroatoms. The molecule has 0 amide bonds. The van der Waals surface area contributed by atoms with E-state index in [1.54, 1.807) is 11.3 Å². The first kappa shape index (κ1) is 15.1. The van der Waals surface area contributed by atoms with E-state index in [-0.39, 0.29) is 0 Å². The molecule has 0 spiro atoms. The summed E-state index contributed by atoms with van der Waals surface area (Å²) in [5, 5.41) is 14.9. The molecule has 0 bridgehead atoms. The second-order valence-corrected chi connectivity index (χ2v) is 7.45. The predicted octanol–water partition coefficient (Wildman–Crippen LogP) is 2.83. The van der Waals surface area contributed by atoms with E-state index in [4.69, 9.17) is 15.4 Å². The fourth-order valence-corrected chi connectivity index (χ4v) is 3.17. The monoisotopic (exact) mass is 312 g/mol. The number of carboxylic acids is 1. The van der Waals surface area contributed by atoms with Gasteiger partial charge in [0.05, 0.1) is 10.6 Å². The third kappa shape index (κ3) is 3.41. The summed E-state index contributed by atoms with van der Waals surface area (Å²) in [5.41, 5.74) is 6.46. The van der Waals surface area contributed by atoms with Gasteiger partial charge in [0, 0.05) is 16.6 Å². The average molecular weight is 312 g/mol. The fraction of sp³-hybridized carbons (Fsp3) is 0.385. The van der Waals surface area contributed by atoms with E-state index >= 15 is 0 Å². The first-order valence-corrected chi connectivity index (χ1v) is 7.88. The minimum absolute atomic E-state index is 0.558. The van der Waals surface area contributed by atoms with Gasteiger partial charge in [-0.1, -0.05) is 11.2 Å². The van der Waals surface area contributed by atoms with Crippen molar-refractivity contribution in [1.82, 2.24) is 5.16 Å². The molecule has 0 aliphatic heterocycles. The summed E-state index contributed by atoms with van der Waals surface area (Å²) in [6.07, 6.45) is 0. The number of aliphatic carboxylic acids is 1. The molecule has 1 atom stereocenters. The molecule has 0 aliphatic rings. The molecule has 2 aromatic heterocycles. The summed E-state index contributed by atoms with van der Waals surface area (Å²) >= 11 is 3.04. The van der Waals surface area contributed by atoms with Gasteiger partial charge < -0.3 is 15.4 Å². The molecule has 2 aromatic rings. The van der Waals surface area contributed by atoms with Crippen LogP contribution in [0.3, 0.4) is 0 Å². The standard InChI is InChI=1S/C13H16N2O3S2/c1-13(2,11(14)12(16)17)20-7-8-6-9(18-15-8)10-4-3-5-19-10/h3-6,11H,7,14H2,1-2H3,(H,16,17)/t11-/m1/s1. The average Bonchev–Trinajstić information content (AvgIpc) is 3.05. The molecule has 0 aromatic carbocycles. The molecular weight excluding hydrogens is 296 g/mol. The summed E-state index contributed by atoms with van der Waals surface area (Å²) in [4.78, 5) is 12.0. The van der Waals surface area contributed by atoms with E-state index in [0.717, 1.165) is 16.3 Å². The minimum Gasteiger partial charge on any atom is -0.480 e. The summed E-state index contributed by atoms with van der Waals surface area (Å²) in [6.45, 7) is 3.63. The van der Waals surface area contributed by atoms with E-state index in [1.807, 2.05) is 37.4 Å². The summed E-state index contributed by atoms with van der Waals surface area (Å²) in [5.74, 6) is 0.293. The third-order valence-corrected chi connectivity index (χ3v) is 5.25. The van der Waals surface area contributed by atoms with Crippen LogP contribution in [0.1, 0.15) is 19.5 Å². The van der Waals surface area contributed by atoms with Crippen LogP contribution >= 0.6 is 23.1 Å². The molecule has 108 valence electrons. The summed E-state index contributed by atoms with van der Waals surface area (Å²) < 4.78 is 4.71. The van der Waals surface area contributed by atoms with Gasteiger partial charge in [-0.3, -0.25) is 4.79 Å². The lowest BCUT2D eigenvalue weighted by Gasteiger charge is -2.27. The van der Waals surface area contributed by atoms with Gasteiger partial charge in [0.1, 0.15) is 6.04 Å². The first-order valence-electron chi connectivity index (χ1n) is 6.02. The second-order valence-electron chi connectivity index (χ2n) is 4.87. The molecule has 5 nitrogen and oxygen atoms in total. The maximum Gasteiger partial charge on any atom is 0.321 e. The van der Waals surface area contributed by atoms with E-state index in [2.05, 4.69) is 5.16 Å². The van der Waals surface area contributed by atoms with E-state index in [0.29, 0.717) is 5.75 Å². The van der Waals surface area contributed by atoms with Crippen LogP contribution in [0.5, 0.6) is 0 Å². The largest absolute Gasteiger partial charge is 0.480 e. The Morgan fingerprint density at radius 3 is 3.00 bits per heavy atom. The van der Waals surface area contributed by atoms with Crippen molar-refractivity contribution in [2.45, 2.75) is 30.4 Å². The van der Waals surface area contributed by atoms with Gasteiger partial charge in [-0.25, -0.2) is 0 Å². The van der Waals surface area contributed by atoms with Crippen LogP contribution in [0.4, 0.5) is 0 Å². The zero-order chi connectivity index (χ0) is 14.8. The third-order valence-electron chi connectivity index (χ3n) is 2.93. The van der Waals surface area contributed by atoms with Crippen LogP contribution in [0.15, 0.2) is 28.1 Å². The van der Waals surface area contributed by atoms with Crippen LogP contribution in [0.25, 0.3) is 10.6 Å². The van der Waals surface area contributed by atoms with E-state index in [1.165, 1.54) is 11.8 Å². The number of carboxylic acid groups (broad SMARTS) is 1. The Morgan fingerprint density at radius 1 is 1.65 bits per heavy atom. The maximum absolute atomic E-state index is 10.9. The lowest BCUT2D eigenvalue weighted by Crippen LogP contribution is -2.46. The lowest BCUT2D eigenvalue weighted by molar-refractivity contribution is -0.139. The molecule has 0 radical (unpaired) electrons. The molecule has 2 rings (SSSR count). The highest BCUT2D eigenvalue weighted by Crippen LogP contribution is 2.32. The van der Waals surface area contributed by atoms with E-state index < -0.39 is 16.8 Å². The Hall–Kier alpha value is -1.31. The first-order chi connectivity index (χ1) is 9.40. The van der Waals surface area contributed by atoms with Crippen LogP contribution in [-0.2, 0) is 10.5 Å². The Kier molecular flexibility index (Phi) is 4.52. The molecule has 0 saturated carbocycles. The van der Waals surface area contributed by atoms with Crippen molar-refractivity contribution in [3.8, 4) is 10.6 Å². The normalized spacial score (nSPS) is 13.3. The summed E-state index contributed by atoms with van der Waals surface area (Å²) in [7, 11) is 0. The number of thioether (sulfide) groups is 1. The number of rotatable bonds is 6. The van der Waals surface area contributed by atoms with Crippen LogP contribution in [0, 0.1) is 0 Å². The van der Waals surface area contributed by atoms with Crippen molar-refractivity contribution in [3.05, 3.63) is 29.3 Å². The second kappa shape index (κ2) is 5.99. The molecular formula is C13H16N2O3S2. The number of carbonyl (C=O) groups is 1. The Labute approximate surface area is 125 Å². The molecule has 3 N–H and O–H groups in total. The maximum atomic E-state index is 10.9. The lowest BCUT2D eigenvalue weighted by atomic mass is 10.1. The fourth-order valence-electron chi connectivity index (χ4n) is 1.56. The highest BCUT2D eigenvalue weighted by atomic mass is 32.2. The predicted molar refractivity (Wildman–Crippen MR) is 80.8 cm³/mol. The molecule has 2 heterocycles. The zero-order valence-electron chi connectivity index (χ0n) is 11.2. The van der Waals surface area contributed by atoms with Crippen molar-refractivity contribution >= 4 is 29.1 Å². The molecule has 0 aliphatic carbocycles. The van der Waals surface area contributed by atoms with Gasteiger partial charge in [0.25, 0.3) is 0 Å². The van der Waals surface area contributed by atoms with Crippen molar-refractivity contribution in [1.29, 1.82) is 0 Å². The van der Waals surface area contributed by atoms with Crippen LogP contribution < -0.4 is 5.73 Å². The van der Waals surface area contributed by atoms with Gasteiger partial charge in [0.15, 0.2) is 5.76 Å². The Bertz CT molecular complexity index is 578. The van der Waals surface area contributed by atoms with Crippen molar-refractivity contribution in [2.75, 3.05) is 0 Å². The molecule has 0 saturated heterocycles. The van der Waals surface area contributed by atoms with Crippen LogP contribution in [0.2, 0.25) is 0 Å². The van der Waals surface area contributed by atoms with Crippen molar-refractivity contribution in [3.63, 3.8) is 0 Å². The van der Waals surface area contributed by atoms with Gasteiger partial charge in [-0.05, 0) is 25.3 Å². The minimum atomic E-state index is -0.998. The SMILES string of the molecule is CC(C)(SCc1cc(-c2cccs2)on1)[C@H](N)C(=O)O. The van der Waals surface area contributed by atoms with Gasteiger partial charge in [-0.15, -0.1) is 23.1 Å². The molecule has 0 fully saturated rings. The number of nitrogens with two attached hydrogens (primary N) is 1. The van der Waals surface area contributed by atoms with Gasteiger partial charge in [0.2, 0.25) is 0 Å². The molecule has 20 heavy (non-hydrogen) atoms. The quantitative estimate of drug-likeness (QED) is 0.852.